The van der Waals surface area contributed by atoms with Gasteiger partial charge in [-0.2, -0.15) is 0 Å². The van der Waals surface area contributed by atoms with E-state index in [4.69, 9.17) is 9.47 Å². The van der Waals surface area contributed by atoms with Gasteiger partial charge in [-0.15, -0.1) is 0 Å². The zero-order valence-corrected chi connectivity index (χ0v) is 13.0. The molecule has 0 spiro atoms. The summed E-state index contributed by atoms with van der Waals surface area (Å²) in [4.78, 5) is 25.3. The molecule has 0 saturated carbocycles. The Labute approximate surface area is 129 Å². The summed E-state index contributed by atoms with van der Waals surface area (Å²) in [5.41, 5.74) is 0.725. The molecule has 1 aliphatic heterocycles. The van der Waals surface area contributed by atoms with Crippen molar-refractivity contribution in [2.45, 2.75) is 19.4 Å². The summed E-state index contributed by atoms with van der Waals surface area (Å²) in [6.45, 7) is 2.83. The molecule has 1 atom stereocenters. The third kappa shape index (κ3) is 3.41. The Balaban J connectivity index is 2.10. The van der Waals surface area contributed by atoms with Crippen molar-refractivity contribution in [2.75, 3.05) is 32.2 Å². The number of amides is 3. The van der Waals surface area contributed by atoms with E-state index in [2.05, 4.69) is 10.6 Å². The summed E-state index contributed by atoms with van der Waals surface area (Å²) in [6.07, 6.45) is 0.283. The zero-order chi connectivity index (χ0) is 16.1. The van der Waals surface area contributed by atoms with Crippen LogP contribution in [0.2, 0.25) is 0 Å². The summed E-state index contributed by atoms with van der Waals surface area (Å²) in [6, 6.07) is 4.85. The van der Waals surface area contributed by atoms with Gasteiger partial charge in [-0.25, -0.2) is 4.79 Å². The number of urea groups is 1. The molecular weight excluding hydrogens is 286 g/mol. The quantitative estimate of drug-likeness (QED) is 0.854. The van der Waals surface area contributed by atoms with Crippen molar-refractivity contribution in [3.05, 3.63) is 18.2 Å². The number of carbonyl (C=O) groups is 2. The normalized spacial score (nSPS) is 17.3. The summed E-state index contributed by atoms with van der Waals surface area (Å²) in [7, 11) is 3.11. The number of hydrogen-bond donors (Lipinski definition) is 2. The second-order valence-corrected chi connectivity index (χ2v) is 4.95. The van der Waals surface area contributed by atoms with E-state index in [9.17, 15) is 9.59 Å². The minimum atomic E-state index is -0.255. The lowest BCUT2D eigenvalue weighted by atomic mass is 10.2. The van der Waals surface area contributed by atoms with E-state index in [0.717, 1.165) is 5.69 Å². The first kappa shape index (κ1) is 15.9. The van der Waals surface area contributed by atoms with Crippen LogP contribution in [0.15, 0.2) is 18.2 Å². The van der Waals surface area contributed by atoms with Crippen molar-refractivity contribution in [1.29, 1.82) is 0 Å². The van der Waals surface area contributed by atoms with E-state index in [1.54, 1.807) is 37.3 Å². The van der Waals surface area contributed by atoms with E-state index < -0.39 is 0 Å². The van der Waals surface area contributed by atoms with Gasteiger partial charge in [-0.05, 0) is 19.1 Å². The molecule has 1 aromatic carbocycles. The number of nitrogens with one attached hydrogen (secondary N) is 2. The highest BCUT2D eigenvalue weighted by atomic mass is 16.5. The minimum absolute atomic E-state index is 0.0333. The smallest absolute Gasteiger partial charge is 0.315 e. The van der Waals surface area contributed by atoms with Gasteiger partial charge in [0.05, 0.1) is 20.3 Å². The van der Waals surface area contributed by atoms with Gasteiger partial charge < -0.3 is 25.0 Å². The molecule has 7 heteroatoms. The highest BCUT2D eigenvalue weighted by molar-refractivity contribution is 5.97. The first-order valence-corrected chi connectivity index (χ1v) is 7.15. The Hall–Kier alpha value is -2.44. The molecule has 1 fully saturated rings. The van der Waals surface area contributed by atoms with Crippen molar-refractivity contribution in [3.63, 3.8) is 0 Å². The lowest BCUT2D eigenvalue weighted by Crippen LogP contribution is -2.43. The number of hydrogen-bond acceptors (Lipinski definition) is 4. The van der Waals surface area contributed by atoms with Crippen molar-refractivity contribution >= 4 is 17.6 Å². The largest absolute Gasteiger partial charge is 0.493 e. The Kier molecular flexibility index (Phi) is 5.08. The van der Waals surface area contributed by atoms with Gasteiger partial charge in [0.25, 0.3) is 0 Å². The Morgan fingerprint density at radius 2 is 2.05 bits per heavy atom. The SMILES string of the molecule is CCNC(=O)N[C@H]1CC(=O)N(c2ccc(OC)c(OC)c2)C1. The van der Waals surface area contributed by atoms with Gasteiger partial charge in [0.15, 0.2) is 11.5 Å². The molecule has 7 nitrogen and oxygen atoms in total. The van der Waals surface area contributed by atoms with Crippen LogP contribution in [-0.2, 0) is 4.79 Å². The van der Waals surface area contributed by atoms with Crippen molar-refractivity contribution in [3.8, 4) is 11.5 Å². The molecule has 0 radical (unpaired) electrons. The van der Waals surface area contributed by atoms with Crippen LogP contribution < -0.4 is 25.0 Å². The van der Waals surface area contributed by atoms with Crippen LogP contribution in [0.25, 0.3) is 0 Å². The predicted molar refractivity (Wildman–Crippen MR) is 82.5 cm³/mol. The molecule has 0 bridgehead atoms. The summed E-state index contributed by atoms with van der Waals surface area (Å²) < 4.78 is 10.4. The molecule has 0 unspecified atom stereocenters. The number of nitrogens with zero attached hydrogens (tertiary/aromatic N) is 1. The third-order valence-corrected chi connectivity index (χ3v) is 3.48. The van der Waals surface area contributed by atoms with Crippen LogP contribution in [0, 0.1) is 0 Å². The van der Waals surface area contributed by atoms with E-state index >= 15 is 0 Å². The number of ether oxygens (including phenoxy) is 2. The average Bonchev–Trinajstić information content (AvgIpc) is 2.87. The fraction of sp³-hybridized carbons (Fsp3) is 0.467. The number of anilines is 1. The molecule has 2 N–H and O–H groups in total. The third-order valence-electron chi connectivity index (χ3n) is 3.48. The minimum Gasteiger partial charge on any atom is -0.493 e. The monoisotopic (exact) mass is 307 g/mol. The maximum Gasteiger partial charge on any atom is 0.315 e. The van der Waals surface area contributed by atoms with Gasteiger partial charge in [0.1, 0.15) is 0 Å². The summed E-state index contributed by atoms with van der Waals surface area (Å²) in [5, 5.41) is 5.45. The second-order valence-electron chi connectivity index (χ2n) is 4.95. The van der Waals surface area contributed by atoms with E-state index in [0.29, 0.717) is 24.6 Å². The Bertz CT molecular complexity index is 562. The topological polar surface area (TPSA) is 79.9 Å². The summed E-state index contributed by atoms with van der Waals surface area (Å²) >= 11 is 0. The van der Waals surface area contributed by atoms with Gasteiger partial charge in [0, 0.05) is 31.3 Å². The first-order chi connectivity index (χ1) is 10.6. The highest BCUT2D eigenvalue weighted by Gasteiger charge is 2.31. The van der Waals surface area contributed by atoms with Gasteiger partial charge >= 0.3 is 6.03 Å². The standard InChI is InChI=1S/C15H21N3O4/c1-4-16-15(20)17-10-7-14(19)18(9-10)11-5-6-12(21-2)13(8-11)22-3/h5-6,8,10H,4,7,9H2,1-3H3,(H2,16,17,20)/t10-/m0/s1. The average molecular weight is 307 g/mol. The maximum absolute atomic E-state index is 12.2. The van der Waals surface area contributed by atoms with Crippen molar-refractivity contribution in [2.24, 2.45) is 0 Å². The lowest BCUT2D eigenvalue weighted by molar-refractivity contribution is -0.117. The first-order valence-electron chi connectivity index (χ1n) is 7.15. The molecule has 0 aromatic heterocycles. The second kappa shape index (κ2) is 7.02. The predicted octanol–water partition coefficient (Wildman–Crippen LogP) is 1.13. The van der Waals surface area contributed by atoms with Crippen LogP contribution >= 0.6 is 0 Å². The van der Waals surface area contributed by atoms with Crippen LogP contribution in [0.1, 0.15) is 13.3 Å². The van der Waals surface area contributed by atoms with Crippen LogP contribution in [0.3, 0.4) is 0 Å². The number of benzene rings is 1. The van der Waals surface area contributed by atoms with Gasteiger partial charge in [-0.3, -0.25) is 4.79 Å². The van der Waals surface area contributed by atoms with E-state index in [1.165, 1.54) is 0 Å². The van der Waals surface area contributed by atoms with Crippen LogP contribution in [0.5, 0.6) is 11.5 Å². The highest BCUT2D eigenvalue weighted by Crippen LogP contribution is 2.33. The van der Waals surface area contributed by atoms with Gasteiger partial charge in [-0.1, -0.05) is 0 Å². The Morgan fingerprint density at radius 1 is 1.32 bits per heavy atom. The van der Waals surface area contributed by atoms with Crippen LogP contribution in [-0.4, -0.2) is 45.3 Å². The molecule has 22 heavy (non-hydrogen) atoms. The molecule has 1 aliphatic rings. The fourth-order valence-corrected chi connectivity index (χ4v) is 2.44. The van der Waals surface area contributed by atoms with Crippen LogP contribution in [0.4, 0.5) is 10.5 Å². The lowest BCUT2D eigenvalue weighted by Gasteiger charge is -2.19. The molecule has 1 heterocycles. The molecule has 2 rings (SSSR count). The fourth-order valence-electron chi connectivity index (χ4n) is 2.44. The number of rotatable bonds is 5. The molecule has 0 aliphatic carbocycles. The van der Waals surface area contributed by atoms with Gasteiger partial charge in [0.2, 0.25) is 5.91 Å². The maximum atomic E-state index is 12.2. The molecular formula is C15H21N3O4. The molecule has 1 aromatic rings. The summed E-state index contributed by atoms with van der Waals surface area (Å²) in [5.74, 6) is 1.14. The number of carbonyl (C=O) groups excluding carboxylic acids is 2. The number of methoxy groups -OCH3 is 2. The molecule has 1 saturated heterocycles. The van der Waals surface area contributed by atoms with E-state index in [1.807, 2.05) is 6.92 Å². The van der Waals surface area contributed by atoms with Crippen molar-refractivity contribution < 1.29 is 19.1 Å². The molecule has 120 valence electrons. The zero-order valence-electron chi connectivity index (χ0n) is 13.0. The molecule has 3 amide bonds. The van der Waals surface area contributed by atoms with Crippen molar-refractivity contribution in [1.82, 2.24) is 10.6 Å². The Morgan fingerprint density at radius 3 is 2.68 bits per heavy atom. The van der Waals surface area contributed by atoms with E-state index in [-0.39, 0.29) is 24.4 Å².